The first kappa shape index (κ1) is 25.0. The molecule has 0 aromatic heterocycles. The van der Waals surface area contributed by atoms with Crippen molar-refractivity contribution in [2.24, 2.45) is 0 Å². The molecular weight excluding hydrogens is 432 g/mol. The molecule has 0 saturated carbocycles. The minimum Gasteiger partial charge on any atom is -0.494 e. The van der Waals surface area contributed by atoms with E-state index in [1.165, 1.54) is 23.3 Å². The van der Waals surface area contributed by atoms with Gasteiger partial charge in [0.25, 0.3) is 0 Å². The first-order chi connectivity index (χ1) is 16.6. The summed E-state index contributed by atoms with van der Waals surface area (Å²) in [7, 11) is 0. The standard InChI is InChI=1S/C23H20O5.C4H10N2/c24-22(25)23(26)28-20-13-11-19(12-14-20)27-16-15-21(17-7-3-1-4-8-17)18-9-5-2-6-10-18;1-2-6-4-3-5-1/h1-14,21H,15-16H2,(H,24,25);5-6H,1-4H2. The van der Waals surface area contributed by atoms with Crippen molar-refractivity contribution < 1.29 is 24.2 Å². The number of carboxylic acids is 1. The van der Waals surface area contributed by atoms with Gasteiger partial charge in [-0.25, -0.2) is 9.59 Å². The summed E-state index contributed by atoms with van der Waals surface area (Å²) in [6.45, 7) is 5.06. The van der Waals surface area contributed by atoms with E-state index < -0.39 is 11.9 Å². The van der Waals surface area contributed by atoms with Crippen LogP contribution in [0, 0.1) is 0 Å². The molecule has 0 amide bonds. The molecule has 3 aromatic carbocycles. The smallest absolute Gasteiger partial charge is 0.422 e. The van der Waals surface area contributed by atoms with E-state index in [0.717, 1.165) is 32.6 Å². The number of carbonyl (C=O) groups excluding carboxylic acids is 1. The minimum absolute atomic E-state index is 0.159. The summed E-state index contributed by atoms with van der Waals surface area (Å²) in [5, 5.41) is 15.0. The number of aliphatic carboxylic acids is 1. The Morgan fingerprint density at radius 2 is 1.21 bits per heavy atom. The molecule has 34 heavy (non-hydrogen) atoms. The van der Waals surface area contributed by atoms with Crippen LogP contribution in [0.2, 0.25) is 0 Å². The third kappa shape index (κ3) is 8.35. The summed E-state index contributed by atoms with van der Waals surface area (Å²) in [4.78, 5) is 21.6. The van der Waals surface area contributed by atoms with Crippen LogP contribution in [-0.2, 0) is 9.59 Å². The lowest BCUT2D eigenvalue weighted by molar-refractivity contribution is -0.158. The van der Waals surface area contributed by atoms with Crippen LogP contribution >= 0.6 is 0 Å². The zero-order valence-corrected chi connectivity index (χ0v) is 19.0. The lowest BCUT2D eigenvalue weighted by Crippen LogP contribution is -2.39. The molecule has 0 spiro atoms. The number of benzene rings is 3. The van der Waals surface area contributed by atoms with Crippen molar-refractivity contribution in [3.63, 3.8) is 0 Å². The maximum atomic E-state index is 11.1. The van der Waals surface area contributed by atoms with Crippen LogP contribution in [0.5, 0.6) is 11.5 Å². The Balaban J connectivity index is 0.000000469. The minimum atomic E-state index is -1.63. The topological polar surface area (TPSA) is 96.9 Å². The van der Waals surface area contributed by atoms with Crippen LogP contribution < -0.4 is 20.1 Å². The normalized spacial score (nSPS) is 12.9. The van der Waals surface area contributed by atoms with E-state index in [4.69, 9.17) is 14.6 Å². The van der Waals surface area contributed by atoms with Crippen molar-refractivity contribution in [3.05, 3.63) is 96.1 Å². The van der Waals surface area contributed by atoms with Crippen LogP contribution in [0.15, 0.2) is 84.9 Å². The highest BCUT2D eigenvalue weighted by atomic mass is 16.6. The van der Waals surface area contributed by atoms with Crippen LogP contribution in [-0.4, -0.2) is 49.8 Å². The number of nitrogens with one attached hydrogen (secondary N) is 2. The summed E-state index contributed by atoms with van der Waals surface area (Å²) >= 11 is 0. The molecule has 3 N–H and O–H groups in total. The van der Waals surface area contributed by atoms with Gasteiger partial charge in [-0.2, -0.15) is 0 Å². The van der Waals surface area contributed by atoms with Gasteiger partial charge in [-0.15, -0.1) is 0 Å². The molecule has 1 saturated heterocycles. The number of hydrogen-bond donors (Lipinski definition) is 3. The lowest BCUT2D eigenvalue weighted by Gasteiger charge is -2.18. The zero-order valence-electron chi connectivity index (χ0n) is 19.0. The van der Waals surface area contributed by atoms with Gasteiger partial charge < -0.3 is 25.2 Å². The van der Waals surface area contributed by atoms with Crippen LogP contribution in [0.3, 0.4) is 0 Å². The maximum Gasteiger partial charge on any atom is 0.422 e. The molecule has 0 unspecified atom stereocenters. The fourth-order valence-electron chi connectivity index (χ4n) is 3.55. The summed E-state index contributed by atoms with van der Waals surface area (Å²) < 4.78 is 10.5. The largest absolute Gasteiger partial charge is 0.494 e. The first-order valence-electron chi connectivity index (χ1n) is 11.3. The Kier molecular flexibility index (Phi) is 10.1. The van der Waals surface area contributed by atoms with Crippen molar-refractivity contribution in [3.8, 4) is 11.5 Å². The highest BCUT2D eigenvalue weighted by Gasteiger charge is 2.15. The van der Waals surface area contributed by atoms with E-state index >= 15 is 0 Å². The van der Waals surface area contributed by atoms with Gasteiger partial charge in [-0.3, -0.25) is 0 Å². The monoisotopic (exact) mass is 462 g/mol. The molecule has 4 rings (SSSR count). The van der Waals surface area contributed by atoms with Crippen molar-refractivity contribution >= 4 is 11.9 Å². The van der Waals surface area contributed by atoms with E-state index in [1.54, 1.807) is 12.1 Å². The highest BCUT2D eigenvalue weighted by molar-refractivity contribution is 6.29. The average Bonchev–Trinajstić information content (AvgIpc) is 2.90. The number of carboxylic acid groups (broad SMARTS) is 1. The number of rotatable bonds is 7. The highest BCUT2D eigenvalue weighted by Crippen LogP contribution is 2.28. The number of hydrogen-bond acceptors (Lipinski definition) is 6. The Hall–Kier alpha value is -3.68. The molecule has 7 heteroatoms. The first-order valence-corrected chi connectivity index (χ1v) is 11.3. The van der Waals surface area contributed by atoms with Gasteiger partial charge in [0.2, 0.25) is 0 Å². The second kappa shape index (κ2) is 13.8. The maximum absolute atomic E-state index is 11.1. The summed E-state index contributed by atoms with van der Waals surface area (Å²) in [5.74, 6) is -1.95. The molecule has 178 valence electrons. The van der Waals surface area contributed by atoms with E-state index in [9.17, 15) is 9.59 Å². The van der Waals surface area contributed by atoms with Crippen molar-refractivity contribution in [2.45, 2.75) is 12.3 Å². The summed E-state index contributed by atoms with van der Waals surface area (Å²) in [6, 6.07) is 26.9. The molecule has 7 nitrogen and oxygen atoms in total. The Morgan fingerprint density at radius 3 is 1.65 bits per heavy atom. The third-order valence-corrected chi connectivity index (χ3v) is 5.25. The predicted molar refractivity (Wildman–Crippen MR) is 130 cm³/mol. The second-order valence-corrected chi connectivity index (χ2v) is 7.68. The van der Waals surface area contributed by atoms with Crippen LogP contribution in [0.4, 0.5) is 0 Å². The van der Waals surface area contributed by atoms with Gasteiger partial charge >= 0.3 is 11.9 Å². The molecule has 1 aliphatic heterocycles. The van der Waals surface area contributed by atoms with Gasteiger partial charge in [0, 0.05) is 32.1 Å². The lowest BCUT2D eigenvalue weighted by atomic mass is 9.89. The molecule has 0 atom stereocenters. The summed E-state index contributed by atoms with van der Waals surface area (Å²) in [5.41, 5.74) is 2.46. The molecule has 0 radical (unpaired) electrons. The number of ether oxygens (including phenoxy) is 2. The third-order valence-electron chi connectivity index (χ3n) is 5.25. The van der Waals surface area contributed by atoms with Gasteiger partial charge in [-0.05, 0) is 41.8 Å². The quantitative estimate of drug-likeness (QED) is 0.281. The zero-order chi connectivity index (χ0) is 24.0. The molecule has 0 aliphatic carbocycles. The van der Waals surface area contributed by atoms with E-state index in [1.807, 2.05) is 36.4 Å². The second-order valence-electron chi connectivity index (χ2n) is 7.68. The number of carbonyl (C=O) groups is 2. The average molecular weight is 463 g/mol. The molecule has 1 fully saturated rings. The van der Waals surface area contributed by atoms with Crippen LogP contribution in [0.1, 0.15) is 23.5 Å². The molecule has 3 aromatic rings. The van der Waals surface area contributed by atoms with Gasteiger partial charge in [0.1, 0.15) is 11.5 Å². The number of esters is 1. The molecule has 1 heterocycles. The predicted octanol–water partition coefficient (Wildman–Crippen LogP) is 3.46. The van der Waals surface area contributed by atoms with E-state index in [2.05, 4.69) is 34.9 Å². The van der Waals surface area contributed by atoms with Gasteiger partial charge in [0.05, 0.1) is 6.61 Å². The summed E-state index contributed by atoms with van der Waals surface area (Å²) in [6.07, 6.45) is 0.795. The Labute approximate surface area is 199 Å². The van der Waals surface area contributed by atoms with Crippen molar-refractivity contribution in [1.82, 2.24) is 10.6 Å². The van der Waals surface area contributed by atoms with Gasteiger partial charge in [-0.1, -0.05) is 60.7 Å². The Morgan fingerprint density at radius 1 is 0.735 bits per heavy atom. The van der Waals surface area contributed by atoms with Crippen molar-refractivity contribution in [1.29, 1.82) is 0 Å². The fourth-order valence-corrected chi connectivity index (χ4v) is 3.55. The molecular formula is C27H30N2O5. The number of piperazine rings is 1. The van der Waals surface area contributed by atoms with E-state index in [0.29, 0.717) is 12.4 Å². The van der Waals surface area contributed by atoms with Crippen LogP contribution in [0.25, 0.3) is 0 Å². The SMILES string of the molecule is C1CNCCN1.O=C(O)C(=O)Oc1ccc(OCCC(c2ccccc2)c2ccccc2)cc1. The molecule has 1 aliphatic rings. The van der Waals surface area contributed by atoms with Gasteiger partial charge in [0.15, 0.2) is 0 Å². The molecule has 0 bridgehead atoms. The fraction of sp³-hybridized carbons (Fsp3) is 0.259. The Bertz CT molecular complexity index is 955. The van der Waals surface area contributed by atoms with E-state index in [-0.39, 0.29) is 11.7 Å². The van der Waals surface area contributed by atoms with Crippen molar-refractivity contribution in [2.75, 3.05) is 32.8 Å².